The van der Waals surface area contributed by atoms with E-state index in [9.17, 15) is 0 Å². The van der Waals surface area contributed by atoms with Crippen molar-refractivity contribution < 1.29 is 4.74 Å². The summed E-state index contributed by atoms with van der Waals surface area (Å²) in [6.07, 6.45) is 0. The first-order chi connectivity index (χ1) is 8.66. The van der Waals surface area contributed by atoms with Crippen molar-refractivity contribution in [2.75, 3.05) is 6.61 Å². The minimum atomic E-state index is 0.00338. The number of para-hydroxylation sites is 1. The standard InChI is InChI=1S/C14H14BrNOS/c1-8-6-12(18-14(8)15)13(16)10-7-17-11-5-3-2-4-9(10)11/h2-6,10,13H,7,16H2,1H3. The van der Waals surface area contributed by atoms with Gasteiger partial charge in [-0.1, -0.05) is 18.2 Å². The van der Waals surface area contributed by atoms with E-state index >= 15 is 0 Å². The molecule has 2 atom stereocenters. The highest BCUT2D eigenvalue weighted by molar-refractivity contribution is 9.11. The molecule has 2 N–H and O–H groups in total. The van der Waals surface area contributed by atoms with Gasteiger partial charge in [0.1, 0.15) is 5.75 Å². The van der Waals surface area contributed by atoms with Crippen molar-refractivity contribution >= 4 is 27.3 Å². The predicted octanol–water partition coefficient (Wildman–Crippen LogP) is 4.00. The molecule has 2 nitrogen and oxygen atoms in total. The summed E-state index contributed by atoms with van der Waals surface area (Å²) in [5.74, 6) is 1.23. The Balaban J connectivity index is 1.92. The molecule has 1 aliphatic heterocycles. The zero-order chi connectivity index (χ0) is 12.7. The van der Waals surface area contributed by atoms with Gasteiger partial charge in [0.2, 0.25) is 0 Å². The van der Waals surface area contributed by atoms with Crippen LogP contribution in [0.15, 0.2) is 34.1 Å². The molecule has 4 heteroatoms. The molecule has 1 aromatic heterocycles. The molecule has 3 rings (SSSR count). The second-order valence-electron chi connectivity index (χ2n) is 4.59. The highest BCUT2D eigenvalue weighted by atomic mass is 79.9. The van der Waals surface area contributed by atoms with Crippen LogP contribution in [0.1, 0.15) is 28.0 Å². The van der Waals surface area contributed by atoms with E-state index < -0.39 is 0 Å². The van der Waals surface area contributed by atoms with E-state index in [2.05, 4.69) is 35.0 Å². The largest absolute Gasteiger partial charge is 0.493 e. The van der Waals surface area contributed by atoms with Crippen LogP contribution >= 0.6 is 27.3 Å². The molecule has 2 aromatic rings. The number of hydrogen-bond donors (Lipinski definition) is 1. The monoisotopic (exact) mass is 323 g/mol. The quantitative estimate of drug-likeness (QED) is 0.906. The number of thiophene rings is 1. The van der Waals surface area contributed by atoms with Gasteiger partial charge in [-0.05, 0) is 40.5 Å². The summed E-state index contributed by atoms with van der Waals surface area (Å²) >= 11 is 5.28. The van der Waals surface area contributed by atoms with Crippen molar-refractivity contribution in [2.24, 2.45) is 5.73 Å². The molecule has 1 aliphatic rings. The third-order valence-corrected chi connectivity index (χ3v) is 5.61. The van der Waals surface area contributed by atoms with Gasteiger partial charge in [0, 0.05) is 22.4 Å². The number of rotatable bonds is 2. The summed E-state index contributed by atoms with van der Waals surface area (Å²) in [6, 6.07) is 10.3. The van der Waals surface area contributed by atoms with E-state index in [-0.39, 0.29) is 12.0 Å². The number of fused-ring (bicyclic) bond motifs is 1. The number of aryl methyl sites for hydroxylation is 1. The molecule has 0 amide bonds. The van der Waals surface area contributed by atoms with Gasteiger partial charge in [-0.3, -0.25) is 0 Å². The van der Waals surface area contributed by atoms with E-state index in [1.165, 1.54) is 19.8 Å². The van der Waals surface area contributed by atoms with Gasteiger partial charge in [0.15, 0.2) is 0 Å². The normalized spacial score (nSPS) is 19.4. The molecule has 0 bridgehead atoms. The molecule has 2 unspecified atom stereocenters. The summed E-state index contributed by atoms with van der Waals surface area (Å²) in [6.45, 7) is 2.77. The average molecular weight is 324 g/mol. The van der Waals surface area contributed by atoms with Crippen LogP contribution in [0.3, 0.4) is 0 Å². The van der Waals surface area contributed by atoms with E-state index in [0.717, 1.165) is 5.75 Å². The van der Waals surface area contributed by atoms with Gasteiger partial charge in [-0.15, -0.1) is 11.3 Å². The number of benzene rings is 1. The Kier molecular flexibility index (Phi) is 3.18. The molecule has 0 saturated carbocycles. The second kappa shape index (κ2) is 4.68. The maximum Gasteiger partial charge on any atom is 0.122 e. The fourth-order valence-corrected chi connectivity index (χ4v) is 3.97. The number of nitrogens with two attached hydrogens (primary N) is 1. The maximum absolute atomic E-state index is 6.41. The van der Waals surface area contributed by atoms with Crippen LogP contribution in [0.25, 0.3) is 0 Å². The number of ether oxygens (including phenoxy) is 1. The van der Waals surface area contributed by atoms with Gasteiger partial charge >= 0.3 is 0 Å². The first-order valence-electron chi connectivity index (χ1n) is 5.90. The fourth-order valence-electron chi connectivity index (χ4n) is 2.33. The van der Waals surface area contributed by atoms with Crippen LogP contribution in [0.2, 0.25) is 0 Å². The Bertz CT molecular complexity index is 561. The van der Waals surface area contributed by atoms with Gasteiger partial charge in [-0.2, -0.15) is 0 Å². The van der Waals surface area contributed by atoms with Crippen molar-refractivity contribution in [2.45, 2.75) is 18.9 Å². The van der Waals surface area contributed by atoms with E-state index in [0.29, 0.717) is 6.61 Å². The molecule has 0 spiro atoms. The van der Waals surface area contributed by atoms with Gasteiger partial charge in [-0.25, -0.2) is 0 Å². The van der Waals surface area contributed by atoms with Gasteiger partial charge in [0.05, 0.1) is 10.4 Å². The third kappa shape index (κ3) is 1.98. The third-order valence-electron chi connectivity index (χ3n) is 3.38. The molecule has 0 radical (unpaired) electrons. The van der Waals surface area contributed by atoms with Crippen LogP contribution in [-0.2, 0) is 0 Å². The Morgan fingerprint density at radius 3 is 2.94 bits per heavy atom. The van der Waals surface area contributed by atoms with Gasteiger partial charge < -0.3 is 10.5 Å². The summed E-state index contributed by atoms with van der Waals surface area (Å²) in [7, 11) is 0. The fraction of sp³-hybridized carbons (Fsp3) is 0.286. The van der Waals surface area contributed by atoms with Crippen LogP contribution in [-0.4, -0.2) is 6.61 Å². The molecule has 0 aliphatic carbocycles. The topological polar surface area (TPSA) is 35.2 Å². The summed E-state index contributed by atoms with van der Waals surface area (Å²) < 4.78 is 6.87. The van der Waals surface area contributed by atoms with Crippen molar-refractivity contribution in [1.82, 2.24) is 0 Å². The SMILES string of the molecule is Cc1cc(C(N)C2COc3ccccc32)sc1Br. The molecule has 1 aromatic carbocycles. The molecule has 18 heavy (non-hydrogen) atoms. The molecule has 2 heterocycles. The van der Waals surface area contributed by atoms with Crippen LogP contribution < -0.4 is 10.5 Å². The lowest BCUT2D eigenvalue weighted by Gasteiger charge is -2.16. The van der Waals surface area contributed by atoms with Crippen molar-refractivity contribution in [3.63, 3.8) is 0 Å². The first-order valence-corrected chi connectivity index (χ1v) is 7.51. The minimum Gasteiger partial charge on any atom is -0.493 e. The molecular formula is C14H14BrNOS. The Morgan fingerprint density at radius 2 is 2.22 bits per heavy atom. The van der Waals surface area contributed by atoms with Gasteiger partial charge in [0.25, 0.3) is 0 Å². The molecular weight excluding hydrogens is 310 g/mol. The summed E-state index contributed by atoms with van der Waals surface area (Å²) in [5.41, 5.74) is 8.88. The molecule has 0 saturated heterocycles. The molecule has 0 fully saturated rings. The second-order valence-corrected chi connectivity index (χ2v) is 6.99. The number of halogens is 1. The maximum atomic E-state index is 6.41. The highest BCUT2D eigenvalue weighted by Gasteiger charge is 2.30. The lowest BCUT2D eigenvalue weighted by Crippen LogP contribution is -2.19. The van der Waals surface area contributed by atoms with E-state index in [4.69, 9.17) is 10.5 Å². The minimum absolute atomic E-state index is 0.00338. The van der Waals surface area contributed by atoms with Crippen molar-refractivity contribution in [1.29, 1.82) is 0 Å². The van der Waals surface area contributed by atoms with E-state index in [1.807, 2.05) is 18.2 Å². The van der Waals surface area contributed by atoms with Crippen LogP contribution in [0.4, 0.5) is 0 Å². The first kappa shape index (κ1) is 12.2. The average Bonchev–Trinajstić information content (AvgIpc) is 2.93. The highest BCUT2D eigenvalue weighted by Crippen LogP contribution is 2.42. The van der Waals surface area contributed by atoms with Crippen LogP contribution in [0.5, 0.6) is 5.75 Å². The lowest BCUT2D eigenvalue weighted by atomic mass is 9.93. The Hall–Kier alpha value is -0.840. The van der Waals surface area contributed by atoms with Crippen molar-refractivity contribution in [3.05, 3.63) is 50.1 Å². The summed E-state index contributed by atoms with van der Waals surface area (Å²) in [4.78, 5) is 1.21. The zero-order valence-electron chi connectivity index (χ0n) is 10.0. The Labute approximate surface area is 119 Å². The number of hydrogen-bond acceptors (Lipinski definition) is 3. The molecule has 94 valence electrons. The van der Waals surface area contributed by atoms with Crippen LogP contribution in [0, 0.1) is 6.92 Å². The Morgan fingerprint density at radius 1 is 1.44 bits per heavy atom. The lowest BCUT2D eigenvalue weighted by molar-refractivity contribution is 0.316. The smallest absolute Gasteiger partial charge is 0.122 e. The summed E-state index contributed by atoms with van der Waals surface area (Å²) in [5, 5.41) is 0. The zero-order valence-corrected chi connectivity index (χ0v) is 12.4. The van der Waals surface area contributed by atoms with Crippen molar-refractivity contribution in [3.8, 4) is 5.75 Å². The predicted molar refractivity (Wildman–Crippen MR) is 78.4 cm³/mol. The van der Waals surface area contributed by atoms with E-state index in [1.54, 1.807) is 11.3 Å².